The minimum absolute atomic E-state index is 0.0942. The second kappa shape index (κ2) is 9.21. The number of halogens is 1. The molecule has 0 saturated heterocycles. The van der Waals surface area contributed by atoms with Crippen molar-refractivity contribution >= 4 is 29.0 Å². The molecule has 5 aromatic rings. The Kier molecular flexibility index (Phi) is 5.98. The predicted octanol–water partition coefficient (Wildman–Crippen LogP) is 5.12. The maximum Gasteiger partial charge on any atom is 0.258 e. The molecule has 0 aliphatic heterocycles. The van der Waals surface area contributed by atoms with Gasteiger partial charge in [-0.25, -0.2) is 4.98 Å². The van der Waals surface area contributed by atoms with E-state index < -0.39 is 0 Å². The summed E-state index contributed by atoms with van der Waals surface area (Å²) in [6.07, 6.45) is 2.38. The number of hydrogen-bond donors (Lipinski definition) is 0. The van der Waals surface area contributed by atoms with E-state index in [0.717, 1.165) is 27.8 Å². The first-order valence-electron chi connectivity index (χ1n) is 10.4. The van der Waals surface area contributed by atoms with E-state index in [1.54, 1.807) is 16.7 Å². The van der Waals surface area contributed by atoms with Gasteiger partial charge in [0, 0.05) is 35.1 Å². The summed E-state index contributed by atoms with van der Waals surface area (Å²) in [5.41, 5.74) is 4.31. The molecule has 0 fully saturated rings. The van der Waals surface area contributed by atoms with Crippen molar-refractivity contribution in [3.63, 3.8) is 0 Å². The highest BCUT2D eigenvalue weighted by Crippen LogP contribution is 2.26. The fourth-order valence-electron chi connectivity index (χ4n) is 3.66. The van der Waals surface area contributed by atoms with Gasteiger partial charge >= 0.3 is 0 Å². The normalized spacial score (nSPS) is 11.2. The number of aryl methyl sites for hydroxylation is 1. The molecule has 33 heavy (non-hydrogen) atoms. The van der Waals surface area contributed by atoms with Crippen LogP contribution in [0.1, 0.15) is 22.6 Å². The van der Waals surface area contributed by atoms with E-state index in [1.807, 2.05) is 66.1 Å². The van der Waals surface area contributed by atoms with Crippen molar-refractivity contribution in [2.45, 2.75) is 24.3 Å². The molecule has 0 unspecified atom stereocenters. The molecule has 5 rings (SSSR count). The van der Waals surface area contributed by atoms with Crippen LogP contribution in [-0.4, -0.2) is 24.1 Å². The fraction of sp³-hybridized carbons (Fsp3) is 0.120. The molecule has 0 saturated carbocycles. The zero-order valence-electron chi connectivity index (χ0n) is 17.9. The Hall–Kier alpha value is -3.42. The molecule has 0 bridgehead atoms. The summed E-state index contributed by atoms with van der Waals surface area (Å²) in [5.74, 6) is 1.32. The van der Waals surface area contributed by atoms with Crippen LogP contribution in [0.5, 0.6) is 0 Å². The van der Waals surface area contributed by atoms with Gasteiger partial charge in [-0.2, -0.15) is 0 Å². The van der Waals surface area contributed by atoms with Gasteiger partial charge in [0.1, 0.15) is 11.5 Å². The molecule has 0 N–H and O–H groups in total. The molecule has 0 atom stereocenters. The van der Waals surface area contributed by atoms with Gasteiger partial charge in [0.15, 0.2) is 5.16 Å². The second-order valence-corrected chi connectivity index (χ2v) is 9.01. The first kappa shape index (κ1) is 21.4. The highest BCUT2D eigenvalue weighted by molar-refractivity contribution is 7.98. The Balaban J connectivity index is 1.49. The van der Waals surface area contributed by atoms with E-state index in [1.165, 1.54) is 11.8 Å². The Morgan fingerprint density at radius 3 is 2.55 bits per heavy atom. The Morgan fingerprint density at radius 1 is 0.970 bits per heavy atom. The SMILES string of the molecule is Cc1cccn2c(=O)cc(CSc3nnc(Cc4ccccc4)n3-c3ccc(Cl)cc3)nc12. The summed E-state index contributed by atoms with van der Waals surface area (Å²) < 4.78 is 3.60. The fourth-order valence-corrected chi connectivity index (χ4v) is 4.65. The van der Waals surface area contributed by atoms with Gasteiger partial charge in [-0.3, -0.25) is 13.8 Å². The molecule has 8 heteroatoms. The molecule has 3 aromatic heterocycles. The van der Waals surface area contributed by atoms with Crippen molar-refractivity contribution in [1.82, 2.24) is 24.1 Å². The average Bonchev–Trinajstić information content (AvgIpc) is 3.22. The van der Waals surface area contributed by atoms with Crippen molar-refractivity contribution in [3.05, 3.63) is 117 Å². The zero-order chi connectivity index (χ0) is 22.8. The lowest BCUT2D eigenvalue weighted by Gasteiger charge is -2.11. The van der Waals surface area contributed by atoms with Crippen LogP contribution in [-0.2, 0) is 12.2 Å². The van der Waals surface area contributed by atoms with Crippen molar-refractivity contribution < 1.29 is 0 Å². The van der Waals surface area contributed by atoms with Crippen LogP contribution in [0.4, 0.5) is 0 Å². The molecule has 2 aromatic carbocycles. The van der Waals surface area contributed by atoms with Crippen LogP contribution in [0.2, 0.25) is 5.02 Å². The monoisotopic (exact) mass is 473 g/mol. The third-order valence-electron chi connectivity index (χ3n) is 5.28. The Bertz CT molecular complexity index is 1480. The van der Waals surface area contributed by atoms with E-state index in [4.69, 9.17) is 16.6 Å². The molecule has 0 aliphatic carbocycles. The maximum atomic E-state index is 12.6. The van der Waals surface area contributed by atoms with Crippen molar-refractivity contribution in [3.8, 4) is 5.69 Å². The molecular weight excluding hydrogens is 454 g/mol. The smallest absolute Gasteiger partial charge is 0.258 e. The van der Waals surface area contributed by atoms with Crippen LogP contribution < -0.4 is 5.56 Å². The maximum absolute atomic E-state index is 12.6. The Labute approximate surface area is 199 Å². The van der Waals surface area contributed by atoms with Crippen LogP contribution in [0, 0.1) is 6.92 Å². The van der Waals surface area contributed by atoms with Gasteiger partial charge in [0.2, 0.25) is 0 Å². The van der Waals surface area contributed by atoms with Gasteiger partial charge in [0.05, 0.1) is 5.69 Å². The minimum atomic E-state index is -0.0942. The second-order valence-electron chi connectivity index (χ2n) is 7.63. The zero-order valence-corrected chi connectivity index (χ0v) is 19.4. The molecular formula is C25H20ClN5OS. The van der Waals surface area contributed by atoms with E-state index in [0.29, 0.717) is 28.5 Å². The van der Waals surface area contributed by atoms with E-state index in [2.05, 4.69) is 22.3 Å². The minimum Gasteiger partial charge on any atom is -0.274 e. The lowest BCUT2D eigenvalue weighted by molar-refractivity contribution is 0.847. The molecule has 3 heterocycles. The van der Waals surface area contributed by atoms with E-state index in [9.17, 15) is 4.79 Å². The number of rotatable bonds is 6. The highest BCUT2D eigenvalue weighted by atomic mass is 35.5. The van der Waals surface area contributed by atoms with Gasteiger partial charge in [-0.05, 0) is 48.4 Å². The third-order valence-corrected chi connectivity index (χ3v) is 6.49. The molecule has 6 nitrogen and oxygen atoms in total. The van der Waals surface area contributed by atoms with Crippen LogP contribution in [0.15, 0.2) is 88.9 Å². The summed E-state index contributed by atoms with van der Waals surface area (Å²) in [6, 6.07) is 23.2. The van der Waals surface area contributed by atoms with Gasteiger partial charge in [-0.15, -0.1) is 10.2 Å². The number of nitrogens with zero attached hydrogens (tertiary/aromatic N) is 5. The van der Waals surface area contributed by atoms with E-state index in [-0.39, 0.29) is 5.56 Å². The average molecular weight is 474 g/mol. The first-order valence-corrected chi connectivity index (χ1v) is 11.8. The summed E-state index contributed by atoms with van der Waals surface area (Å²) in [7, 11) is 0. The number of benzene rings is 2. The lowest BCUT2D eigenvalue weighted by Crippen LogP contribution is -2.15. The largest absolute Gasteiger partial charge is 0.274 e. The quantitative estimate of drug-likeness (QED) is 0.320. The number of pyridine rings is 1. The Morgan fingerprint density at radius 2 is 1.76 bits per heavy atom. The van der Waals surface area contributed by atoms with E-state index >= 15 is 0 Å². The number of thioether (sulfide) groups is 1. The summed E-state index contributed by atoms with van der Waals surface area (Å²) in [6.45, 7) is 1.95. The van der Waals surface area contributed by atoms with Gasteiger partial charge in [0.25, 0.3) is 5.56 Å². The van der Waals surface area contributed by atoms with Crippen LogP contribution >= 0.6 is 23.4 Å². The van der Waals surface area contributed by atoms with Gasteiger partial charge < -0.3 is 0 Å². The number of fused-ring (bicyclic) bond motifs is 1. The highest BCUT2D eigenvalue weighted by Gasteiger charge is 2.16. The summed E-state index contributed by atoms with van der Waals surface area (Å²) in [4.78, 5) is 17.3. The topological polar surface area (TPSA) is 65.1 Å². The molecule has 0 spiro atoms. The van der Waals surface area contributed by atoms with Crippen LogP contribution in [0.25, 0.3) is 11.3 Å². The molecule has 0 aliphatic rings. The molecule has 0 amide bonds. The van der Waals surface area contributed by atoms with Crippen molar-refractivity contribution in [2.75, 3.05) is 0 Å². The first-order chi connectivity index (χ1) is 16.1. The molecule has 164 valence electrons. The standard InChI is InChI=1S/C25H20ClN5OS/c1-17-6-5-13-30-23(32)15-20(27-24(17)30)16-33-25-29-28-22(14-18-7-3-2-4-8-18)31(25)21-11-9-19(26)10-12-21/h2-13,15H,14,16H2,1H3. The third kappa shape index (κ3) is 4.55. The lowest BCUT2D eigenvalue weighted by atomic mass is 10.1. The van der Waals surface area contributed by atoms with Crippen molar-refractivity contribution in [2.24, 2.45) is 0 Å². The number of hydrogen-bond acceptors (Lipinski definition) is 5. The van der Waals surface area contributed by atoms with Crippen LogP contribution in [0.3, 0.4) is 0 Å². The summed E-state index contributed by atoms with van der Waals surface area (Å²) >= 11 is 7.61. The predicted molar refractivity (Wildman–Crippen MR) is 131 cm³/mol. The van der Waals surface area contributed by atoms with Gasteiger partial charge in [-0.1, -0.05) is 59.8 Å². The number of aromatic nitrogens is 5. The molecule has 0 radical (unpaired) electrons. The summed E-state index contributed by atoms with van der Waals surface area (Å²) in [5, 5.41) is 10.3. The van der Waals surface area contributed by atoms with Crippen molar-refractivity contribution in [1.29, 1.82) is 0 Å².